The van der Waals surface area contributed by atoms with Gasteiger partial charge in [0.25, 0.3) is 5.91 Å². The van der Waals surface area contributed by atoms with Gasteiger partial charge in [-0.05, 0) is 63.6 Å². The molecule has 12 heteroatoms. The Balaban J connectivity index is 1.53. The van der Waals surface area contributed by atoms with Crippen LogP contribution in [0.4, 0.5) is 4.79 Å². The van der Waals surface area contributed by atoms with Crippen LogP contribution < -0.4 is 21.8 Å². The number of hydrazine groups is 1. The minimum atomic E-state index is -1.35. The van der Waals surface area contributed by atoms with Crippen molar-refractivity contribution >= 4 is 34.7 Å². The van der Waals surface area contributed by atoms with Crippen LogP contribution in [0.2, 0.25) is 0 Å². The zero-order chi connectivity index (χ0) is 34.7. The van der Waals surface area contributed by atoms with Gasteiger partial charge in [-0.25, -0.2) is 20.2 Å². The van der Waals surface area contributed by atoms with Crippen LogP contribution in [0.25, 0.3) is 10.9 Å². The standard InChI is InChI=1S/C36H48N6O6/c1-36(2,3)48-35(47)42(38-22-25-14-8-5-9-15-25)23-31(43)29(20-24-12-6-4-7-13-24)40-34(46)30(21-32(37)44)41-33(45)28-19-18-26-16-10-11-17-27(26)39-28/h4,6-7,10-13,16-19,25,29-31,38,43H,5,8-9,14-15,20-23H2,1-3H3,(H2,37,44)(H,40,46)(H,41,45)/t29-,30-,31-/m0/s1. The number of rotatable bonds is 14. The lowest BCUT2D eigenvalue weighted by atomic mass is 9.89. The van der Waals surface area contributed by atoms with Gasteiger partial charge >= 0.3 is 6.09 Å². The zero-order valence-electron chi connectivity index (χ0n) is 28.0. The van der Waals surface area contributed by atoms with Gasteiger partial charge in [-0.15, -0.1) is 0 Å². The summed E-state index contributed by atoms with van der Waals surface area (Å²) in [4.78, 5) is 56.6. The third kappa shape index (κ3) is 11.3. The number of fused-ring (bicyclic) bond motifs is 1. The molecular formula is C36H48N6O6. The molecule has 0 saturated heterocycles. The SMILES string of the molecule is CC(C)(C)OC(=O)N(C[C@H](O)[C@H](Cc1ccccc1)NC(=O)[C@H](CC(N)=O)NC(=O)c1ccc2ccccc2n1)NCC1CCCCC1. The summed E-state index contributed by atoms with van der Waals surface area (Å²) in [6, 6.07) is 17.5. The van der Waals surface area contributed by atoms with E-state index in [1.807, 2.05) is 42.5 Å². The molecule has 1 aliphatic carbocycles. The lowest BCUT2D eigenvalue weighted by molar-refractivity contribution is -0.128. The lowest BCUT2D eigenvalue weighted by Gasteiger charge is -2.33. The van der Waals surface area contributed by atoms with Crippen molar-refractivity contribution in [2.75, 3.05) is 13.1 Å². The molecule has 0 radical (unpaired) electrons. The fraction of sp³-hybridized carbons (Fsp3) is 0.472. The van der Waals surface area contributed by atoms with Crippen molar-refractivity contribution in [1.29, 1.82) is 0 Å². The zero-order valence-corrected chi connectivity index (χ0v) is 28.0. The van der Waals surface area contributed by atoms with E-state index in [0.29, 0.717) is 18.0 Å². The summed E-state index contributed by atoms with van der Waals surface area (Å²) in [5.41, 5.74) is 9.36. The van der Waals surface area contributed by atoms with Gasteiger partial charge in [0.1, 0.15) is 17.3 Å². The number of aliphatic hydroxyl groups is 1. The predicted molar refractivity (Wildman–Crippen MR) is 182 cm³/mol. The molecule has 0 aliphatic heterocycles. The number of hydrogen-bond acceptors (Lipinski definition) is 8. The first-order valence-corrected chi connectivity index (χ1v) is 16.6. The second-order valence-electron chi connectivity index (χ2n) is 13.4. The second kappa shape index (κ2) is 17.0. The molecule has 6 N–H and O–H groups in total. The van der Waals surface area contributed by atoms with Crippen molar-refractivity contribution in [3.8, 4) is 0 Å². The van der Waals surface area contributed by atoms with E-state index < -0.39 is 54.0 Å². The summed E-state index contributed by atoms with van der Waals surface area (Å²) in [6.45, 7) is 5.63. The minimum absolute atomic E-state index is 0.0638. The van der Waals surface area contributed by atoms with E-state index >= 15 is 0 Å². The van der Waals surface area contributed by atoms with Crippen LogP contribution in [0.15, 0.2) is 66.7 Å². The number of primary amides is 1. The number of nitrogens with one attached hydrogen (secondary N) is 3. The maximum absolute atomic E-state index is 13.7. The number of benzene rings is 2. The van der Waals surface area contributed by atoms with Crippen LogP contribution >= 0.6 is 0 Å². The highest BCUT2D eigenvalue weighted by Gasteiger charge is 2.32. The van der Waals surface area contributed by atoms with E-state index in [1.165, 1.54) is 17.5 Å². The second-order valence-corrected chi connectivity index (χ2v) is 13.4. The maximum Gasteiger partial charge on any atom is 0.424 e. The Labute approximate surface area is 281 Å². The van der Waals surface area contributed by atoms with Gasteiger partial charge in [0.05, 0.1) is 30.6 Å². The monoisotopic (exact) mass is 660 g/mol. The minimum Gasteiger partial charge on any atom is -0.443 e. The quantitative estimate of drug-likeness (QED) is 0.163. The summed E-state index contributed by atoms with van der Waals surface area (Å²) in [6.07, 6.45) is 3.35. The molecule has 258 valence electrons. The Bertz CT molecular complexity index is 1540. The predicted octanol–water partition coefficient (Wildman–Crippen LogP) is 3.62. The van der Waals surface area contributed by atoms with Crippen LogP contribution in [-0.4, -0.2) is 75.8 Å². The van der Waals surface area contributed by atoms with Gasteiger partial charge in [0.15, 0.2) is 0 Å². The Kier molecular flexibility index (Phi) is 12.9. The summed E-state index contributed by atoms with van der Waals surface area (Å²) in [5.74, 6) is -1.80. The molecule has 12 nitrogen and oxygen atoms in total. The number of amides is 4. The number of nitrogens with zero attached hydrogens (tertiary/aromatic N) is 2. The van der Waals surface area contributed by atoms with Gasteiger partial charge in [0, 0.05) is 11.9 Å². The summed E-state index contributed by atoms with van der Waals surface area (Å²) in [7, 11) is 0. The number of hydrogen-bond donors (Lipinski definition) is 5. The lowest BCUT2D eigenvalue weighted by Crippen LogP contribution is -2.58. The highest BCUT2D eigenvalue weighted by atomic mass is 16.6. The molecule has 0 unspecified atom stereocenters. The largest absolute Gasteiger partial charge is 0.443 e. The number of aromatic nitrogens is 1. The molecule has 3 aromatic rings. The van der Waals surface area contributed by atoms with Crippen molar-refractivity contribution in [3.05, 3.63) is 78.0 Å². The number of carbonyl (C=O) groups excluding carboxylic acids is 4. The Hall–Kier alpha value is -4.55. The number of pyridine rings is 1. The van der Waals surface area contributed by atoms with Crippen LogP contribution in [0.3, 0.4) is 0 Å². The van der Waals surface area contributed by atoms with Gasteiger partial charge < -0.3 is 26.2 Å². The number of para-hydroxylation sites is 1. The van der Waals surface area contributed by atoms with Crippen LogP contribution in [-0.2, 0) is 20.7 Å². The van der Waals surface area contributed by atoms with E-state index in [-0.39, 0.29) is 18.7 Å². The van der Waals surface area contributed by atoms with Crippen LogP contribution in [0, 0.1) is 5.92 Å². The highest BCUT2D eigenvalue weighted by molar-refractivity contribution is 5.99. The molecule has 4 amide bonds. The number of ether oxygens (including phenoxy) is 1. The van der Waals surface area contributed by atoms with Crippen LogP contribution in [0.1, 0.15) is 75.3 Å². The summed E-state index contributed by atoms with van der Waals surface area (Å²) in [5, 5.41) is 19.1. The van der Waals surface area contributed by atoms with Crippen molar-refractivity contribution < 1.29 is 29.0 Å². The Morgan fingerprint density at radius 3 is 2.33 bits per heavy atom. The fourth-order valence-corrected chi connectivity index (χ4v) is 5.74. The van der Waals surface area contributed by atoms with Gasteiger partial charge in [0.2, 0.25) is 11.8 Å². The topological polar surface area (TPSA) is 176 Å². The summed E-state index contributed by atoms with van der Waals surface area (Å²) < 4.78 is 5.64. The van der Waals surface area contributed by atoms with Crippen molar-refractivity contribution in [2.24, 2.45) is 11.7 Å². The molecule has 0 bridgehead atoms. The number of carbonyl (C=O) groups is 4. The normalized spacial score (nSPS) is 15.6. The highest BCUT2D eigenvalue weighted by Crippen LogP contribution is 2.23. The van der Waals surface area contributed by atoms with Crippen molar-refractivity contribution in [1.82, 2.24) is 26.1 Å². The van der Waals surface area contributed by atoms with E-state index in [9.17, 15) is 24.3 Å². The first-order chi connectivity index (χ1) is 22.9. The molecule has 0 spiro atoms. The van der Waals surface area contributed by atoms with E-state index in [0.717, 1.165) is 36.6 Å². The third-order valence-corrected chi connectivity index (χ3v) is 8.23. The molecule has 1 aromatic heterocycles. The van der Waals surface area contributed by atoms with E-state index in [4.69, 9.17) is 10.5 Å². The molecule has 4 rings (SSSR count). The average Bonchev–Trinajstić information content (AvgIpc) is 3.05. The molecule has 1 aliphatic rings. The first-order valence-electron chi connectivity index (χ1n) is 16.6. The molecule has 1 saturated carbocycles. The fourth-order valence-electron chi connectivity index (χ4n) is 5.74. The van der Waals surface area contributed by atoms with Crippen LogP contribution in [0.5, 0.6) is 0 Å². The van der Waals surface area contributed by atoms with Gasteiger partial charge in [-0.2, -0.15) is 0 Å². The Morgan fingerprint density at radius 2 is 1.65 bits per heavy atom. The molecule has 2 aromatic carbocycles. The van der Waals surface area contributed by atoms with Crippen molar-refractivity contribution in [3.63, 3.8) is 0 Å². The third-order valence-electron chi connectivity index (χ3n) is 8.23. The summed E-state index contributed by atoms with van der Waals surface area (Å²) >= 11 is 0. The molecule has 48 heavy (non-hydrogen) atoms. The van der Waals surface area contributed by atoms with E-state index in [1.54, 1.807) is 39.0 Å². The first kappa shape index (κ1) is 36.3. The van der Waals surface area contributed by atoms with Crippen molar-refractivity contribution in [2.45, 2.75) is 89.5 Å². The smallest absolute Gasteiger partial charge is 0.424 e. The molecule has 3 atom stereocenters. The number of nitrogens with two attached hydrogens (primary N) is 1. The van der Waals surface area contributed by atoms with Gasteiger partial charge in [-0.1, -0.05) is 73.9 Å². The van der Waals surface area contributed by atoms with E-state index in [2.05, 4.69) is 21.0 Å². The molecule has 1 heterocycles. The molecular weight excluding hydrogens is 612 g/mol. The average molecular weight is 661 g/mol. The van der Waals surface area contributed by atoms with Gasteiger partial charge in [-0.3, -0.25) is 14.4 Å². The Morgan fingerprint density at radius 1 is 0.958 bits per heavy atom. The number of aliphatic hydroxyl groups excluding tert-OH is 1. The maximum atomic E-state index is 13.7. The molecule has 1 fully saturated rings.